The standard InChI is InChI=1S/C24H24N4O4/c1-15(23(30)27-19-11-7-16(8-12-19)22(25)29)26-18-13-9-17(10-14-18)24(31)28-20-5-3-4-6-21(20)32-2/h3-15,26H,1-2H3,(H2,25,29)(H,27,30)(H,28,31)/t15-/m0/s1. The molecule has 3 amide bonds. The molecule has 0 fully saturated rings. The normalized spacial score (nSPS) is 11.2. The lowest BCUT2D eigenvalue weighted by Crippen LogP contribution is -2.31. The van der Waals surface area contributed by atoms with Gasteiger partial charge in [-0.1, -0.05) is 12.1 Å². The molecule has 164 valence electrons. The van der Waals surface area contributed by atoms with Crippen LogP contribution in [0.3, 0.4) is 0 Å². The van der Waals surface area contributed by atoms with Crippen molar-refractivity contribution in [3.8, 4) is 5.75 Å². The number of ether oxygens (including phenoxy) is 1. The van der Waals surface area contributed by atoms with Crippen molar-refractivity contribution >= 4 is 34.8 Å². The molecule has 0 aliphatic heterocycles. The molecular formula is C24H24N4O4. The number of nitrogens with one attached hydrogen (secondary N) is 3. The van der Waals surface area contributed by atoms with E-state index in [1.165, 1.54) is 0 Å². The summed E-state index contributed by atoms with van der Waals surface area (Å²) in [7, 11) is 1.54. The molecule has 0 aliphatic carbocycles. The summed E-state index contributed by atoms with van der Waals surface area (Å²) >= 11 is 0. The van der Waals surface area contributed by atoms with Crippen LogP contribution in [0.5, 0.6) is 5.75 Å². The minimum absolute atomic E-state index is 0.255. The Labute approximate surface area is 185 Å². The zero-order valence-corrected chi connectivity index (χ0v) is 17.7. The Morgan fingerprint density at radius 2 is 1.41 bits per heavy atom. The number of anilines is 3. The quantitative estimate of drug-likeness (QED) is 0.434. The first-order chi connectivity index (χ1) is 15.4. The van der Waals surface area contributed by atoms with E-state index >= 15 is 0 Å². The van der Waals surface area contributed by atoms with E-state index in [4.69, 9.17) is 10.5 Å². The van der Waals surface area contributed by atoms with Gasteiger partial charge < -0.3 is 26.4 Å². The van der Waals surface area contributed by atoms with Crippen molar-refractivity contribution in [3.63, 3.8) is 0 Å². The van der Waals surface area contributed by atoms with Crippen molar-refractivity contribution in [1.82, 2.24) is 0 Å². The molecule has 3 aromatic rings. The topological polar surface area (TPSA) is 123 Å². The molecule has 0 aliphatic rings. The van der Waals surface area contributed by atoms with Crippen LogP contribution in [0.25, 0.3) is 0 Å². The van der Waals surface area contributed by atoms with Gasteiger partial charge in [-0.3, -0.25) is 14.4 Å². The molecule has 1 atom stereocenters. The fourth-order valence-electron chi connectivity index (χ4n) is 2.94. The van der Waals surface area contributed by atoms with Crippen molar-refractivity contribution in [2.24, 2.45) is 5.73 Å². The van der Waals surface area contributed by atoms with Crippen LogP contribution in [-0.2, 0) is 4.79 Å². The van der Waals surface area contributed by atoms with Gasteiger partial charge in [-0.15, -0.1) is 0 Å². The fraction of sp³-hybridized carbons (Fsp3) is 0.125. The van der Waals surface area contributed by atoms with Crippen LogP contribution >= 0.6 is 0 Å². The molecule has 8 nitrogen and oxygen atoms in total. The minimum Gasteiger partial charge on any atom is -0.495 e. The number of hydrogen-bond acceptors (Lipinski definition) is 5. The van der Waals surface area contributed by atoms with Crippen molar-refractivity contribution < 1.29 is 19.1 Å². The molecule has 3 rings (SSSR count). The van der Waals surface area contributed by atoms with Gasteiger partial charge in [-0.25, -0.2) is 0 Å². The maximum Gasteiger partial charge on any atom is 0.255 e. The molecule has 32 heavy (non-hydrogen) atoms. The summed E-state index contributed by atoms with van der Waals surface area (Å²) in [5.74, 6) is -0.484. The summed E-state index contributed by atoms with van der Waals surface area (Å²) in [4.78, 5) is 36.1. The van der Waals surface area contributed by atoms with E-state index < -0.39 is 11.9 Å². The third-order valence-corrected chi connectivity index (χ3v) is 4.72. The maximum atomic E-state index is 12.5. The lowest BCUT2D eigenvalue weighted by Gasteiger charge is -2.16. The average molecular weight is 432 g/mol. The molecule has 0 spiro atoms. The number of para-hydroxylation sites is 2. The number of nitrogens with two attached hydrogens (primary N) is 1. The second-order valence-electron chi connectivity index (χ2n) is 7.03. The lowest BCUT2D eigenvalue weighted by molar-refractivity contribution is -0.116. The van der Waals surface area contributed by atoms with E-state index in [9.17, 15) is 14.4 Å². The van der Waals surface area contributed by atoms with Gasteiger partial charge in [0.25, 0.3) is 5.91 Å². The summed E-state index contributed by atoms with van der Waals surface area (Å²) in [5.41, 5.74) is 7.86. The highest BCUT2D eigenvalue weighted by atomic mass is 16.5. The van der Waals surface area contributed by atoms with Gasteiger partial charge in [0.1, 0.15) is 11.8 Å². The van der Waals surface area contributed by atoms with E-state index in [-0.39, 0.29) is 11.8 Å². The maximum absolute atomic E-state index is 12.5. The van der Waals surface area contributed by atoms with Crippen LogP contribution in [0.2, 0.25) is 0 Å². The number of carbonyl (C=O) groups is 3. The molecule has 3 aromatic carbocycles. The second kappa shape index (κ2) is 10.1. The third kappa shape index (κ3) is 5.63. The highest BCUT2D eigenvalue weighted by Gasteiger charge is 2.14. The van der Waals surface area contributed by atoms with Crippen LogP contribution in [0.4, 0.5) is 17.1 Å². The molecule has 0 aromatic heterocycles. The molecule has 0 radical (unpaired) electrons. The number of methoxy groups -OCH3 is 1. The van der Waals surface area contributed by atoms with Crippen LogP contribution in [0.15, 0.2) is 72.8 Å². The first-order valence-corrected chi connectivity index (χ1v) is 9.89. The van der Waals surface area contributed by atoms with Crippen molar-refractivity contribution in [1.29, 1.82) is 0 Å². The van der Waals surface area contributed by atoms with Gasteiger partial charge >= 0.3 is 0 Å². The van der Waals surface area contributed by atoms with Crippen LogP contribution in [0.1, 0.15) is 27.6 Å². The highest BCUT2D eigenvalue weighted by molar-refractivity contribution is 6.05. The first-order valence-electron chi connectivity index (χ1n) is 9.89. The number of rotatable bonds is 8. The number of carbonyl (C=O) groups excluding carboxylic acids is 3. The van der Waals surface area contributed by atoms with Crippen molar-refractivity contribution in [2.45, 2.75) is 13.0 Å². The van der Waals surface area contributed by atoms with Gasteiger partial charge in [0.15, 0.2) is 0 Å². The Morgan fingerprint density at radius 1 is 0.812 bits per heavy atom. The van der Waals surface area contributed by atoms with Crippen LogP contribution < -0.4 is 26.4 Å². The van der Waals surface area contributed by atoms with Gasteiger partial charge in [0.05, 0.1) is 12.8 Å². The second-order valence-corrected chi connectivity index (χ2v) is 7.03. The van der Waals surface area contributed by atoms with Gasteiger partial charge in [-0.2, -0.15) is 0 Å². The molecule has 0 saturated carbocycles. The number of benzene rings is 3. The zero-order valence-electron chi connectivity index (χ0n) is 17.7. The Morgan fingerprint density at radius 3 is 2.03 bits per heavy atom. The Hall–Kier alpha value is -4.33. The largest absolute Gasteiger partial charge is 0.495 e. The highest BCUT2D eigenvalue weighted by Crippen LogP contribution is 2.24. The molecule has 0 heterocycles. The zero-order chi connectivity index (χ0) is 23.1. The number of amides is 3. The molecule has 8 heteroatoms. The fourth-order valence-corrected chi connectivity index (χ4v) is 2.94. The summed E-state index contributed by atoms with van der Waals surface area (Å²) in [6, 6.07) is 19.7. The number of primary amides is 1. The Kier molecular flexibility index (Phi) is 7.07. The SMILES string of the molecule is COc1ccccc1NC(=O)c1ccc(N[C@@H](C)C(=O)Nc2ccc(C(N)=O)cc2)cc1. The predicted octanol–water partition coefficient (Wildman–Crippen LogP) is 3.49. The van der Waals surface area contributed by atoms with Crippen LogP contribution in [-0.4, -0.2) is 30.9 Å². The molecule has 0 bridgehead atoms. The monoisotopic (exact) mass is 432 g/mol. The van der Waals surface area contributed by atoms with Gasteiger partial charge in [0.2, 0.25) is 11.8 Å². The van der Waals surface area contributed by atoms with Gasteiger partial charge in [0, 0.05) is 22.5 Å². The average Bonchev–Trinajstić information content (AvgIpc) is 2.80. The van der Waals surface area contributed by atoms with Crippen LogP contribution in [0, 0.1) is 0 Å². The molecule has 5 N–H and O–H groups in total. The summed E-state index contributed by atoms with van der Waals surface area (Å²) in [6.45, 7) is 1.72. The van der Waals surface area contributed by atoms with E-state index in [2.05, 4.69) is 16.0 Å². The third-order valence-electron chi connectivity index (χ3n) is 4.72. The van der Waals surface area contributed by atoms with E-state index in [1.54, 1.807) is 74.7 Å². The first kappa shape index (κ1) is 22.4. The smallest absolute Gasteiger partial charge is 0.255 e. The van der Waals surface area contributed by atoms with Gasteiger partial charge in [-0.05, 0) is 67.6 Å². The summed E-state index contributed by atoms with van der Waals surface area (Å²) in [5, 5.41) is 8.67. The molecular weight excluding hydrogens is 408 g/mol. The molecule has 0 saturated heterocycles. The summed E-state index contributed by atoms with van der Waals surface area (Å²) < 4.78 is 5.24. The van der Waals surface area contributed by atoms with E-state index in [1.807, 2.05) is 12.1 Å². The minimum atomic E-state index is -0.543. The van der Waals surface area contributed by atoms with E-state index in [0.717, 1.165) is 0 Å². The van der Waals surface area contributed by atoms with E-state index in [0.29, 0.717) is 33.9 Å². The van der Waals surface area contributed by atoms with Crippen molar-refractivity contribution in [2.75, 3.05) is 23.1 Å². The summed E-state index contributed by atoms with van der Waals surface area (Å²) in [6.07, 6.45) is 0. The molecule has 0 unspecified atom stereocenters. The van der Waals surface area contributed by atoms with Crippen molar-refractivity contribution in [3.05, 3.63) is 83.9 Å². The number of hydrogen-bond donors (Lipinski definition) is 4. The Bertz CT molecular complexity index is 1110. The lowest BCUT2D eigenvalue weighted by atomic mass is 10.1. The Balaban J connectivity index is 1.57. The predicted molar refractivity (Wildman–Crippen MR) is 124 cm³/mol.